The fraction of sp³-hybridized carbons (Fsp3) is 0.889. The number of ether oxygens (including phenoxy) is 1. The fourth-order valence-corrected chi connectivity index (χ4v) is 2.10. The molecular formula is C9H16BrNO2. The van der Waals surface area contributed by atoms with Crippen molar-refractivity contribution in [3.63, 3.8) is 0 Å². The Balaban J connectivity index is 2.37. The summed E-state index contributed by atoms with van der Waals surface area (Å²) >= 11 is 3.19. The third-order valence-corrected chi connectivity index (χ3v) is 2.87. The molecule has 1 rings (SSSR count). The third kappa shape index (κ3) is 3.27. The Morgan fingerprint density at radius 1 is 1.69 bits per heavy atom. The Bertz CT molecular complexity index is 173. The lowest BCUT2D eigenvalue weighted by Gasteiger charge is -2.32. The summed E-state index contributed by atoms with van der Waals surface area (Å²) in [5.74, 6) is 0.725. The molecule has 1 aliphatic rings. The molecule has 0 bridgehead atoms. The molecule has 4 heteroatoms. The average molecular weight is 250 g/mol. The van der Waals surface area contributed by atoms with Crippen LogP contribution in [0.3, 0.4) is 0 Å². The summed E-state index contributed by atoms with van der Waals surface area (Å²) in [6.07, 6.45) is 2.28. The highest BCUT2D eigenvalue weighted by Gasteiger charge is 2.22. The van der Waals surface area contributed by atoms with E-state index in [0.717, 1.165) is 26.1 Å². The molecule has 1 amide bonds. The number of nitrogens with zero attached hydrogens (tertiary/aromatic N) is 1. The Labute approximate surface area is 87.6 Å². The van der Waals surface area contributed by atoms with Crippen molar-refractivity contribution in [3.05, 3.63) is 0 Å². The largest absolute Gasteiger partial charge is 0.384 e. The van der Waals surface area contributed by atoms with Crippen LogP contribution in [0.25, 0.3) is 0 Å². The van der Waals surface area contributed by atoms with E-state index in [-0.39, 0.29) is 5.91 Å². The molecule has 1 atom stereocenters. The number of rotatable bonds is 3. The third-order valence-electron chi connectivity index (χ3n) is 2.39. The first kappa shape index (κ1) is 11.0. The van der Waals surface area contributed by atoms with E-state index in [1.165, 1.54) is 6.42 Å². The highest BCUT2D eigenvalue weighted by atomic mass is 79.9. The van der Waals surface area contributed by atoms with Crippen LogP contribution in [-0.4, -0.2) is 42.9 Å². The van der Waals surface area contributed by atoms with Gasteiger partial charge in [0.1, 0.15) is 0 Å². The van der Waals surface area contributed by atoms with Crippen LogP contribution >= 0.6 is 15.9 Å². The van der Waals surface area contributed by atoms with E-state index in [1.807, 2.05) is 4.90 Å². The van der Waals surface area contributed by atoms with Crippen molar-refractivity contribution in [2.75, 3.05) is 32.1 Å². The van der Waals surface area contributed by atoms with Crippen molar-refractivity contribution in [1.29, 1.82) is 0 Å². The first-order chi connectivity index (χ1) is 6.27. The maximum absolute atomic E-state index is 11.4. The molecule has 0 radical (unpaired) electrons. The zero-order chi connectivity index (χ0) is 9.68. The number of carbonyl (C=O) groups excluding carboxylic acids is 1. The van der Waals surface area contributed by atoms with Crippen LogP contribution in [0.4, 0.5) is 0 Å². The number of likely N-dealkylation sites (tertiary alicyclic amines) is 1. The monoisotopic (exact) mass is 249 g/mol. The molecule has 0 spiro atoms. The maximum Gasteiger partial charge on any atom is 0.233 e. The highest BCUT2D eigenvalue weighted by molar-refractivity contribution is 9.09. The molecule has 3 nitrogen and oxygen atoms in total. The van der Waals surface area contributed by atoms with Crippen molar-refractivity contribution >= 4 is 21.8 Å². The number of methoxy groups -OCH3 is 1. The zero-order valence-corrected chi connectivity index (χ0v) is 9.55. The molecule has 0 aliphatic carbocycles. The summed E-state index contributed by atoms with van der Waals surface area (Å²) in [6, 6.07) is 0. The van der Waals surface area contributed by atoms with Gasteiger partial charge in [-0.25, -0.2) is 0 Å². The van der Waals surface area contributed by atoms with Crippen LogP contribution in [0, 0.1) is 5.92 Å². The van der Waals surface area contributed by atoms with E-state index < -0.39 is 0 Å². The van der Waals surface area contributed by atoms with Gasteiger partial charge in [-0.05, 0) is 18.8 Å². The van der Waals surface area contributed by atoms with Crippen molar-refractivity contribution in [2.45, 2.75) is 12.8 Å². The molecule has 1 saturated heterocycles. The van der Waals surface area contributed by atoms with Crippen LogP contribution in [0.15, 0.2) is 0 Å². The lowest BCUT2D eigenvalue weighted by molar-refractivity contribution is -0.130. The Hall–Kier alpha value is -0.0900. The Morgan fingerprint density at radius 3 is 3.08 bits per heavy atom. The van der Waals surface area contributed by atoms with Gasteiger partial charge in [-0.3, -0.25) is 4.79 Å². The van der Waals surface area contributed by atoms with Crippen LogP contribution in [-0.2, 0) is 9.53 Å². The summed E-state index contributed by atoms with van der Waals surface area (Å²) in [6.45, 7) is 2.54. The van der Waals surface area contributed by atoms with Gasteiger partial charge in [0.2, 0.25) is 5.91 Å². The first-order valence-corrected chi connectivity index (χ1v) is 5.72. The van der Waals surface area contributed by atoms with Gasteiger partial charge in [0.05, 0.1) is 11.9 Å². The molecular weight excluding hydrogens is 234 g/mol. The summed E-state index contributed by atoms with van der Waals surface area (Å²) in [4.78, 5) is 13.3. The quantitative estimate of drug-likeness (QED) is 0.706. The topological polar surface area (TPSA) is 29.5 Å². The van der Waals surface area contributed by atoms with E-state index in [1.54, 1.807) is 7.11 Å². The van der Waals surface area contributed by atoms with Gasteiger partial charge in [0, 0.05) is 20.2 Å². The molecule has 0 aromatic carbocycles. The number of halogens is 1. The van der Waals surface area contributed by atoms with E-state index >= 15 is 0 Å². The number of piperidine rings is 1. The van der Waals surface area contributed by atoms with Gasteiger partial charge in [-0.15, -0.1) is 0 Å². The normalized spacial score (nSPS) is 23.2. The fourth-order valence-electron chi connectivity index (χ4n) is 1.75. The van der Waals surface area contributed by atoms with Gasteiger partial charge >= 0.3 is 0 Å². The molecule has 1 fully saturated rings. The van der Waals surface area contributed by atoms with Crippen LogP contribution in [0.2, 0.25) is 0 Å². The van der Waals surface area contributed by atoms with Gasteiger partial charge in [-0.1, -0.05) is 15.9 Å². The summed E-state index contributed by atoms with van der Waals surface area (Å²) in [5, 5.41) is 0.437. The van der Waals surface area contributed by atoms with E-state index in [9.17, 15) is 4.79 Å². The molecule has 1 heterocycles. The Kier molecular flexibility index (Phi) is 4.73. The smallest absolute Gasteiger partial charge is 0.233 e. The van der Waals surface area contributed by atoms with Gasteiger partial charge < -0.3 is 9.64 Å². The second-order valence-corrected chi connectivity index (χ2v) is 4.00. The molecule has 0 aromatic rings. The minimum absolute atomic E-state index is 0.195. The molecule has 1 unspecified atom stereocenters. The molecule has 0 saturated carbocycles. The van der Waals surface area contributed by atoms with Crippen molar-refractivity contribution in [1.82, 2.24) is 4.90 Å². The summed E-state index contributed by atoms with van der Waals surface area (Å²) in [7, 11) is 1.71. The van der Waals surface area contributed by atoms with Crippen LogP contribution in [0.1, 0.15) is 12.8 Å². The van der Waals surface area contributed by atoms with Crippen LogP contribution < -0.4 is 0 Å². The maximum atomic E-state index is 11.4. The van der Waals surface area contributed by atoms with Crippen molar-refractivity contribution in [3.8, 4) is 0 Å². The summed E-state index contributed by atoms with van der Waals surface area (Å²) in [5.41, 5.74) is 0. The number of hydrogen-bond donors (Lipinski definition) is 0. The number of carbonyl (C=O) groups is 1. The number of amides is 1. The van der Waals surface area contributed by atoms with Gasteiger partial charge in [0.25, 0.3) is 0 Å². The van der Waals surface area contributed by atoms with Crippen molar-refractivity contribution in [2.24, 2.45) is 5.92 Å². The predicted molar refractivity (Wildman–Crippen MR) is 55.0 cm³/mol. The minimum atomic E-state index is 0.195. The first-order valence-electron chi connectivity index (χ1n) is 4.60. The minimum Gasteiger partial charge on any atom is -0.384 e. The average Bonchev–Trinajstić information content (AvgIpc) is 2.18. The molecule has 76 valence electrons. The second kappa shape index (κ2) is 5.60. The van der Waals surface area contributed by atoms with E-state index in [4.69, 9.17) is 4.74 Å². The highest BCUT2D eigenvalue weighted by Crippen LogP contribution is 2.16. The van der Waals surface area contributed by atoms with Crippen LogP contribution in [0.5, 0.6) is 0 Å². The lowest BCUT2D eigenvalue weighted by Crippen LogP contribution is -2.41. The number of hydrogen-bond acceptors (Lipinski definition) is 2. The standard InChI is InChI=1S/C9H16BrNO2/c1-13-7-8-3-2-4-11(6-8)9(12)5-10/h8H,2-7H2,1H3. The van der Waals surface area contributed by atoms with Crippen molar-refractivity contribution < 1.29 is 9.53 Å². The lowest BCUT2D eigenvalue weighted by atomic mass is 9.99. The van der Waals surface area contributed by atoms with Gasteiger partial charge in [-0.2, -0.15) is 0 Å². The zero-order valence-electron chi connectivity index (χ0n) is 7.96. The predicted octanol–water partition coefficient (Wildman–Crippen LogP) is 1.27. The molecule has 0 aromatic heterocycles. The number of alkyl halides is 1. The SMILES string of the molecule is COCC1CCCN(C(=O)CBr)C1. The van der Waals surface area contributed by atoms with Gasteiger partial charge in [0.15, 0.2) is 0 Å². The molecule has 13 heavy (non-hydrogen) atoms. The molecule has 1 aliphatic heterocycles. The van der Waals surface area contributed by atoms with E-state index in [2.05, 4.69) is 15.9 Å². The van der Waals surface area contributed by atoms with E-state index in [0.29, 0.717) is 11.2 Å². The second-order valence-electron chi connectivity index (χ2n) is 3.44. The molecule has 0 N–H and O–H groups in total. The Morgan fingerprint density at radius 2 is 2.46 bits per heavy atom. The summed E-state index contributed by atoms with van der Waals surface area (Å²) < 4.78 is 5.09.